The lowest BCUT2D eigenvalue weighted by molar-refractivity contribution is -0.208. The average molecular weight is 411 g/mol. The van der Waals surface area contributed by atoms with Gasteiger partial charge >= 0.3 is 0 Å². The van der Waals surface area contributed by atoms with Gasteiger partial charge in [-0.25, -0.2) is 0 Å². The van der Waals surface area contributed by atoms with Gasteiger partial charge in [0.2, 0.25) is 17.7 Å². The number of rotatable bonds is 10. The Labute approximate surface area is 174 Å². The van der Waals surface area contributed by atoms with Crippen LogP contribution in [-0.4, -0.2) is 55.2 Å². The van der Waals surface area contributed by atoms with Crippen LogP contribution >= 0.6 is 0 Å². The lowest BCUT2D eigenvalue weighted by Crippen LogP contribution is -2.47. The highest BCUT2D eigenvalue weighted by Crippen LogP contribution is 2.35. The predicted molar refractivity (Wildman–Crippen MR) is 110 cm³/mol. The fourth-order valence-electron chi connectivity index (χ4n) is 3.76. The van der Waals surface area contributed by atoms with Crippen LogP contribution < -0.4 is 5.32 Å². The highest BCUT2D eigenvalue weighted by Gasteiger charge is 2.45. The Morgan fingerprint density at radius 1 is 1.07 bits per heavy atom. The van der Waals surface area contributed by atoms with Crippen LogP contribution in [0.15, 0.2) is 0 Å². The molecule has 2 fully saturated rings. The fourth-order valence-corrected chi connectivity index (χ4v) is 3.76. The summed E-state index contributed by atoms with van der Waals surface area (Å²) < 4.78 is 11.3. The first-order valence-corrected chi connectivity index (χ1v) is 11.1. The first-order chi connectivity index (χ1) is 13.7. The molecule has 1 atom stereocenters. The van der Waals surface area contributed by atoms with Crippen molar-refractivity contribution < 1.29 is 23.9 Å². The SMILES string of the molecule is CCCCCCCCNC(=O)C1COC(CN2C(=O)CC(C(C)(C)C)C2=O)OC1. The number of imide groups is 1. The summed E-state index contributed by atoms with van der Waals surface area (Å²) in [5, 5.41) is 2.95. The second-order valence-corrected chi connectivity index (χ2v) is 9.32. The summed E-state index contributed by atoms with van der Waals surface area (Å²) in [4.78, 5) is 38.3. The van der Waals surface area contributed by atoms with E-state index in [-0.39, 0.29) is 61.2 Å². The van der Waals surface area contributed by atoms with Gasteiger partial charge in [-0.15, -0.1) is 0 Å². The van der Waals surface area contributed by atoms with Gasteiger partial charge in [-0.2, -0.15) is 0 Å². The van der Waals surface area contributed by atoms with Gasteiger partial charge in [0.05, 0.1) is 31.6 Å². The molecule has 2 aliphatic heterocycles. The summed E-state index contributed by atoms with van der Waals surface area (Å²) in [7, 11) is 0. The van der Waals surface area contributed by atoms with Crippen molar-refractivity contribution in [3.05, 3.63) is 0 Å². The van der Waals surface area contributed by atoms with E-state index in [2.05, 4.69) is 12.2 Å². The maximum Gasteiger partial charge on any atom is 0.233 e. The summed E-state index contributed by atoms with van der Waals surface area (Å²) in [6.45, 7) is 9.35. The summed E-state index contributed by atoms with van der Waals surface area (Å²) in [6.07, 6.45) is 6.67. The molecule has 1 unspecified atom stereocenters. The topological polar surface area (TPSA) is 84.9 Å². The van der Waals surface area contributed by atoms with E-state index in [1.165, 1.54) is 30.6 Å². The highest BCUT2D eigenvalue weighted by atomic mass is 16.7. The third-order valence-electron chi connectivity index (χ3n) is 5.79. The zero-order valence-corrected chi connectivity index (χ0v) is 18.5. The highest BCUT2D eigenvalue weighted by molar-refractivity contribution is 6.03. The van der Waals surface area contributed by atoms with Crippen molar-refractivity contribution in [3.8, 4) is 0 Å². The van der Waals surface area contributed by atoms with Crippen molar-refractivity contribution in [2.75, 3.05) is 26.3 Å². The molecular formula is C22H38N2O5. The standard InChI is InChI=1S/C22H38N2O5/c1-5-6-7-8-9-10-11-23-20(26)16-14-28-19(29-15-16)13-24-18(25)12-17(21(24)27)22(2,3)4/h16-17,19H,5-15H2,1-4H3,(H,23,26). The zero-order chi connectivity index (χ0) is 21.4. The maximum atomic E-state index is 12.6. The Morgan fingerprint density at radius 3 is 2.28 bits per heavy atom. The van der Waals surface area contributed by atoms with E-state index in [0.717, 1.165) is 12.8 Å². The monoisotopic (exact) mass is 410 g/mol. The molecule has 3 amide bonds. The number of unbranched alkanes of at least 4 members (excludes halogenated alkanes) is 5. The summed E-state index contributed by atoms with van der Waals surface area (Å²) in [6, 6.07) is 0. The van der Waals surface area contributed by atoms with Gasteiger partial charge in [-0.3, -0.25) is 19.3 Å². The number of amides is 3. The first kappa shape index (κ1) is 23.8. The Kier molecular flexibility index (Phi) is 9.08. The van der Waals surface area contributed by atoms with Crippen LogP contribution in [0.3, 0.4) is 0 Å². The second-order valence-electron chi connectivity index (χ2n) is 9.32. The van der Waals surface area contributed by atoms with Crippen LogP contribution in [0.4, 0.5) is 0 Å². The van der Waals surface area contributed by atoms with Crippen molar-refractivity contribution >= 4 is 17.7 Å². The number of carbonyl (C=O) groups is 3. The van der Waals surface area contributed by atoms with Crippen LogP contribution in [-0.2, 0) is 23.9 Å². The van der Waals surface area contributed by atoms with E-state index in [1.54, 1.807) is 0 Å². The van der Waals surface area contributed by atoms with Gasteiger partial charge in [0.1, 0.15) is 0 Å². The number of nitrogens with zero attached hydrogens (tertiary/aromatic N) is 1. The zero-order valence-electron chi connectivity index (χ0n) is 18.5. The Bertz CT molecular complexity index is 564. The molecule has 1 N–H and O–H groups in total. The van der Waals surface area contributed by atoms with Gasteiger partial charge in [0.25, 0.3) is 0 Å². The van der Waals surface area contributed by atoms with Gasteiger partial charge < -0.3 is 14.8 Å². The number of likely N-dealkylation sites (tertiary alicyclic amines) is 1. The molecule has 7 heteroatoms. The average Bonchev–Trinajstić information content (AvgIpc) is 2.96. The van der Waals surface area contributed by atoms with Crippen molar-refractivity contribution in [3.63, 3.8) is 0 Å². The van der Waals surface area contributed by atoms with E-state index in [1.807, 2.05) is 20.8 Å². The molecule has 0 bridgehead atoms. The molecule has 7 nitrogen and oxygen atoms in total. The minimum atomic E-state index is -0.663. The number of carbonyl (C=O) groups excluding carboxylic acids is 3. The van der Waals surface area contributed by atoms with Gasteiger partial charge in [-0.1, -0.05) is 59.8 Å². The molecular weight excluding hydrogens is 372 g/mol. The van der Waals surface area contributed by atoms with Crippen LogP contribution in [0.1, 0.15) is 72.6 Å². The molecule has 0 spiro atoms. The van der Waals surface area contributed by atoms with E-state index < -0.39 is 6.29 Å². The predicted octanol–water partition coefficient (Wildman–Crippen LogP) is 2.87. The number of ether oxygens (including phenoxy) is 2. The lowest BCUT2D eigenvalue weighted by Gasteiger charge is -2.31. The Balaban J connectivity index is 1.67. The number of hydrogen-bond donors (Lipinski definition) is 1. The van der Waals surface area contributed by atoms with Crippen LogP contribution in [0, 0.1) is 17.3 Å². The number of nitrogens with one attached hydrogen (secondary N) is 1. The fraction of sp³-hybridized carbons (Fsp3) is 0.864. The van der Waals surface area contributed by atoms with E-state index in [4.69, 9.17) is 9.47 Å². The normalized spacial score (nSPS) is 25.5. The molecule has 0 aromatic rings. The van der Waals surface area contributed by atoms with Crippen molar-refractivity contribution in [1.29, 1.82) is 0 Å². The van der Waals surface area contributed by atoms with Crippen LogP contribution in [0.5, 0.6) is 0 Å². The molecule has 0 aromatic carbocycles. The van der Waals surface area contributed by atoms with Crippen molar-refractivity contribution in [1.82, 2.24) is 10.2 Å². The van der Waals surface area contributed by atoms with Crippen molar-refractivity contribution in [2.24, 2.45) is 17.3 Å². The Hall–Kier alpha value is -1.47. The molecule has 29 heavy (non-hydrogen) atoms. The first-order valence-electron chi connectivity index (χ1n) is 11.1. The van der Waals surface area contributed by atoms with E-state index in [0.29, 0.717) is 6.54 Å². The third kappa shape index (κ3) is 7.07. The van der Waals surface area contributed by atoms with Gasteiger partial charge in [-0.05, 0) is 11.8 Å². The Morgan fingerprint density at radius 2 is 1.69 bits per heavy atom. The summed E-state index contributed by atoms with van der Waals surface area (Å²) >= 11 is 0. The quantitative estimate of drug-likeness (QED) is 0.442. The van der Waals surface area contributed by atoms with E-state index >= 15 is 0 Å². The number of hydrogen-bond acceptors (Lipinski definition) is 5. The molecule has 166 valence electrons. The second kappa shape index (κ2) is 11.1. The molecule has 0 saturated carbocycles. The molecule has 2 aliphatic rings. The smallest absolute Gasteiger partial charge is 0.233 e. The van der Waals surface area contributed by atoms with Gasteiger partial charge in [0, 0.05) is 13.0 Å². The maximum absolute atomic E-state index is 12.6. The van der Waals surface area contributed by atoms with Gasteiger partial charge in [0.15, 0.2) is 6.29 Å². The molecule has 2 rings (SSSR count). The third-order valence-corrected chi connectivity index (χ3v) is 5.79. The van der Waals surface area contributed by atoms with Crippen LogP contribution in [0.25, 0.3) is 0 Å². The summed E-state index contributed by atoms with van der Waals surface area (Å²) in [5.41, 5.74) is -0.255. The minimum Gasteiger partial charge on any atom is -0.356 e. The summed E-state index contributed by atoms with van der Waals surface area (Å²) in [5.74, 6) is -1.05. The molecule has 0 aliphatic carbocycles. The molecule has 2 heterocycles. The largest absolute Gasteiger partial charge is 0.356 e. The molecule has 0 radical (unpaired) electrons. The minimum absolute atomic E-state index is 0.0573. The molecule has 2 saturated heterocycles. The van der Waals surface area contributed by atoms with E-state index in [9.17, 15) is 14.4 Å². The van der Waals surface area contributed by atoms with Crippen LogP contribution in [0.2, 0.25) is 0 Å². The molecule has 0 aromatic heterocycles. The lowest BCUT2D eigenvalue weighted by atomic mass is 9.80. The van der Waals surface area contributed by atoms with Crippen molar-refractivity contribution in [2.45, 2.75) is 78.9 Å².